The van der Waals surface area contributed by atoms with E-state index >= 15 is 0 Å². The van der Waals surface area contributed by atoms with E-state index in [4.69, 9.17) is 20.1 Å². The molecule has 0 amide bonds. The summed E-state index contributed by atoms with van der Waals surface area (Å²) < 4.78 is 5.42. The normalized spacial score (nSPS) is 11.9. The van der Waals surface area contributed by atoms with E-state index in [0.29, 0.717) is 25.3 Å². The number of hydrogen-bond donors (Lipinski definition) is 3. The van der Waals surface area contributed by atoms with E-state index in [1.54, 1.807) is 30.0 Å². The lowest BCUT2D eigenvalue weighted by atomic mass is 10.2. The van der Waals surface area contributed by atoms with Crippen molar-refractivity contribution in [1.82, 2.24) is 0 Å². The van der Waals surface area contributed by atoms with Gasteiger partial charge in [-0.25, -0.2) is 4.79 Å². The monoisotopic (exact) mass is 283 g/mol. The number of aliphatic hydroxyl groups excluding tert-OH is 2. The average molecular weight is 283 g/mol. The molecule has 0 aromatic heterocycles. The van der Waals surface area contributed by atoms with Gasteiger partial charge in [0, 0.05) is 24.8 Å². The number of rotatable bonds is 9. The lowest BCUT2D eigenvalue weighted by Gasteiger charge is -2.23. The fraction of sp³-hybridized carbons (Fsp3) is 0.500. The zero-order valence-electron chi connectivity index (χ0n) is 11.5. The number of nitrogens with zero attached hydrogens (tertiary/aromatic N) is 1. The van der Waals surface area contributed by atoms with Crippen LogP contribution in [0.4, 0.5) is 5.69 Å². The van der Waals surface area contributed by atoms with Gasteiger partial charge in [-0.3, -0.25) is 0 Å². The summed E-state index contributed by atoms with van der Waals surface area (Å²) >= 11 is 0. The first kappa shape index (κ1) is 16.3. The van der Waals surface area contributed by atoms with E-state index in [0.717, 1.165) is 5.69 Å². The van der Waals surface area contributed by atoms with Crippen molar-refractivity contribution in [3.05, 3.63) is 24.3 Å². The zero-order chi connectivity index (χ0) is 15.0. The predicted molar refractivity (Wildman–Crippen MR) is 75.2 cm³/mol. The summed E-state index contributed by atoms with van der Waals surface area (Å²) in [5, 5.41) is 27.0. The third kappa shape index (κ3) is 4.71. The van der Waals surface area contributed by atoms with Crippen LogP contribution in [0.15, 0.2) is 24.3 Å². The van der Waals surface area contributed by atoms with Crippen molar-refractivity contribution in [3.8, 4) is 5.75 Å². The number of aliphatic carboxylic acids is 1. The standard InChI is InChI=1S/C14H21NO5/c1-2-13(14(18)19)20-12-5-3-4-11(10-12)15(6-8-16)7-9-17/h3-5,10,13,16-17H,2,6-9H2,1H3,(H,18,19). The quantitative estimate of drug-likeness (QED) is 0.618. The highest BCUT2D eigenvalue weighted by Crippen LogP contribution is 2.22. The van der Waals surface area contributed by atoms with E-state index < -0.39 is 12.1 Å². The maximum Gasteiger partial charge on any atom is 0.344 e. The first-order valence-electron chi connectivity index (χ1n) is 6.58. The van der Waals surface area contributed by atoms with E-state index in [-0.39, 0.29) is 13.2 Å². The largest absolute Gasteiger partial charge is 0.479 e. The van der Waals surface area contributed by atoms with Gasteiger partial charge in [0.05, 0.1) is 13.2 Å². The third-order valence-electron chi connectivity index (χ3n) is 2.85. The molecule has 0 saturated heterocycles. The van der Waals surface area contributed by atoms with E-state index in [1.165, 1.54) is 0 Å². The average Bonchev–Trinajstić information content (AvgIpc) is 2.44. The van der Waals surface area contributed by atoms with Crippen LogP contribution in [0.5, 0.6) is 5.75 Å². The first-order valence-corrected chi connectivity index (χ1v) is 6.58. The van der Waals surface area contributed by atoms with Gasteiger partial charge in [-0.2, -0.15) is 0 Å². The number of carbonyl (C=O) groups is 1. The third-order valence-corrected chi connectivity index (χ3v) is 2.85. The summed E-state index contributed by atoms with van der Waals surface area (Å²) in [5.74, 6) is -0.543. The molecule has 3 N–H and O–H groups in total. The minimum atomic E-state index is -1.000. The fourth-order valence-corrected chi connectivity index (χ4v) is 1.84. The van der Waals surface area contributed by atoms with Crippen LogP contribution >= 0.6 is 0 Å². The molecule has 0 bridgehead atoms. The Morgan fingerprint density at radius 2 is 1.95 bits per heavy atom. The Balaban J connectivity index is 2.85. The van der Waals surface area contributed by atoms with Gasteiger partial charge >= 0.3 is 5.97 Å². The van der Waals surface area contributed by atoms with Crippen LogP contribution in [0.1, 0.15) is 13.3 Å². The highest BCUT2D eigenvalue weighted by Gasteiger charge is 2.17. The summed E-state index contributed by atoms with van der Waals surface area (Å²) in [6.45, 7) is 2.46. The molecule has 0 spiro atoms. The Kier molecular flexibility index (Phi) is 6.83. The van der Waals surface area contributed by atoms with Crippen LogP contribution in [0.2, 0.25) is 0 Å². The van der Waals surface area contributed by atoms with E-state index in [1.807, 2.05) is 6.07 Å². The molecule has 0 aliphatic heterocycles. The van der Waals surface area contributed by atoms with Crippen LogP contribution in [0.25, 0.3) is 0 Å². The van der Waals surface area contributed by atoms with Crippen molar-refractivity contribution in [2.75, 3.05) is 31.2 Å². The molecule has 1 atom stereocenters. The molecule has 0 fully saturated rings. The molecule has 112 valence electrons. The Hall–Kier alpha value is -1.79. The van der Waals surface area contributed by atoms with Gasteiger partial charge in [-0.15, -0.1) is 0 Å². The number of carboxylic acid groups (broad SMARTS) is 1. The van der Waals surface area contributed by atoms with Crippen molar-refractivity contribution in [1.29, 1.82) is 0 Å². The molecule has 1 aromatic carbocycles. The molecule has 1 rings (SSSR count). The van der Waals surface area contributed by atoms with Crippen LogP contribution in [0, 0.1) is 0 Å². The minimum absolute atomic E-state index is 0.0300. The number of carboxylic acids is 1. The summed E-state index contributed by atoms with van der Waals surface area (Å²) in [4.78, 5) is 12.8. The maximum atomic E-state index is 11.0. The van der Waals surface area contributed by atoms with Gasteiger partial charge in [0.25, 0.3) is 0 Å². The minimum Gasteiger partial charge on any atom is -0.479 e. The number of aliphatic hydroxyl groups is 2. The van der Waals surface area contributed by atoms with Gasteiger partial charge < -0.3 is 25.0 Å². The molecule has 0 aliphatic carbocycles. The summed E-state index contributed by atoms with van der Waals surface area (Å²) in [6, 6.07) is 6.96. The summed E-state index contributed by atoms with van der Waals surface area (Å²) in [7, 11) is 0. The Morgan fingerprint density at radius 1 is 1.30 bits per heavy atom. The first-order chi connectivity index (χ1) is 9.62. The Bertz CT molecular complexity index is 418. The lowest BCUT2D eigenvalue weighted by molar-refractivity contribution is -0.145. The molecule has 6 nitrogen and oxygen atoms in total. The SMILES string of the molecule is CCC(Oc1cccc(N(CCO)CCO)c1)C(=O)O. The number of anilines is 1. The summed E-state index contributed by atoms with van der Waals surface area (Å²) in [5.41, 5.74) is 0.769. The second-order valence-electron chi connectivity index (χ2n) is 4.28. The Morgan fingerprint density at radius 3 is 2.45 bits per heavy atom. The molecule has 0 heterocycles. The number of ether oxygens (including phenoxy) is 1. The molecule has 6 heteroatoms. The highest BCUT2D eigenvalue weighted by molar-refractivity contribution is 5.72. The zero-order valence-corrected chi connectivity index (χ0v) is 11.5. The molecule has 0 aliphatic rings. The van der Waals surface area contributed by atoms with Crippen molar-refractivity contribution in [2.24, 2.45) is 0 Å². The van der Waals surface area contributed by atoms with E-state index in [9.17, 15) is 4.79 Å². The second-order valence-corrected chi connectivity index (χ2v) is 4.28. The topological polar surface area (TPSA) is 90.2 Å². The second kappa shape index (κ2) is 8.39. The Labute approximate surface area is 118 Å². The summed E-state index contributed by atoms with van der Waals surface area (Å²) in [6.07, 6.45) is -0.509. The molecule has 1 unspecified atom stereocenters. The number of benzene rings is 1. The lowest BCUT2D eigenvalue weighted by Crippen LogP contribution is -2.30. The van der Waals surface area contributed by atoms with E-state index in [2.05, 4.69) is 0 Å². The molecule has 0 saturated carbocycles. The molecule has 1 aromatic rings. The smallest absolute Gasteiger partial charge is 0.344 e. The molecule has 20 heavy (non-hydrogen) atoms. The van der Waals surface area contributed by atoms with Gasteiger partial charge in [-0.05, 0) is 18.6 Å². The van der Waals surface area contributed by atoms with Crippen LogP contribution in [-0.2, 0) is 4.79 Å². The maximum absolute atomic E-state index is 11.0. The molecule has 0 radical (unpaired) electrons. The van der Waals surface area contributed by atoms with Crippen molar-refractivity contribution in [2.45, 2.75) is 19.4 Å². The number of hydrogen-bond acceptors (Lipinski definition) is 5. The predicted octanol–water partition coefficient (Wildman–Crippen LogP) is 0.720. The van der Waals surface area contributed by atoms with Crippen molar-refractivity contribution >= 4 is 11.7 Å². The fourth-order valence-electron chi connectivity index (χ4n) is 1.84. The highest BCUT2D eigenvalue weighted by atomic mass is 16.5. The molecular formula is C14H21NO5. The van der Waals surface area contributed by atoms with Crippen LogP contribution in [-0.4, -0.2) is 53.7 Å². The van der Waals surface area contributed by atoms with Crippen molar-refractivity contribution < 1.29 is 24.9 Å². The van der Waals surface area contributed by atoms with Crippen LogP contribution < -0.4 is 9.64 Å². The van der Waals surface area contributed by atoms with Gasteiger partial charge in [0.15, 0.2) is 6.10 Å². The van der Waals surface area contributed by atoms with Gasteiger partial charge in [0.2, 0.25) is 0 Å². The van der Waals surface area contributed by atoms with Crippen LogP contribution in [0.3, 0.4) is 0 Å². The van der Waals surface area contributed by atoms with Crippen molar-refractivity contribution in [3.63, 3.8) is 0 Å². The van der Waals surface area contributed by atoms with Gasteiger partial charge in [-0.1, -0.05) is 13.0 Å². The van der Waals surface area contributed by atoms with Gasteiger partial charge in [0.1, 0.15) is 5.75 Å². The molecular weight excluding hydrogens is 262 g/mol.